The molecule has 0 saturated heterocycles. The van der Waals surface area contributed by atoms with Crippen LogP contribution in [0, 0.1) is 11.8 Å². The second kappa shape index (κ2) is 6.94. The number of rotatable bonds is 6. The molecule has 0 aliphatic heterocycles. The Labute approximate surface area is 130 Å². The van der Waals surface area contributed by atoms with Crippen LogP contribution in [0.2, 0.25) is 5.02 Å². The van der Waals surface area contributed by atoms with Gasteiger partial charge in [-0.25, -0.2) is 0 Å². The predicted octanol–water partition coefficient (Wildman–Crippen LogP) is 2.51. The van der Waals surface area contributed by atoms with Crippen molar-refractivity contribution in [2.24, 2.45) is 11.8 Å². The fourth-order valence-corrected chi connectivity index (χ4v) is 2.38. The zero-order valence-corrected chi connectivity index (χ0v) is 13.1. The lowest BCUT2D eigenvalue weighted by Crippen LogP contribution is -2.35. The second-order valence-electron chi connectivity index (χ2n) is 5.58. The number of hydrogen-bond donors (Lipinski definition) is 2. The number of hydrogen-bond acceptors (Lipinski definition) is 2. The molecule has 5 heteroatoms. The molecule has 0 radical (unpaired) electrons. The summed E-state index contributed by atoms with van der Waals surface area (Å²) in [5.74, 6) is -0.455. The van der Waals surface area contributed by atoms with E-state index in [9.17, 15) is 9.59 Å². The zero-order valence-electron chi connectivity index (χ0n) is 12.4. The van der Waals surface area contributed by atoms with Crippen molar-refractivity contribution in [3.8, 4) is 0 Å². The van der Waals surface area contributed by atoms with E-state index in [1.807, 2.05) is 32.0 Å². The van der Waals surface area contributed by atoms with Gasteiger partial charge in [-0.3, -0.25) is 9.59 Å². The predicted molar refractivity (Wildman–Crippen MR) is 82.8 cm³/mol. The van der Waals surface area contributed by atoms with Crippen LogP contribution >= 0.6 is 11.6 Å². The van der Waals surface area contributed by atoms with Crippen molar-refractivity contribution in [3.05, 3.63) is 34.9 Å². The van der Waals surface area contributed by atoms with E-state index in [1.54, 1.807) is 6.07 Å². The maximum atomic E-state index is 12.0. The minimum Gasteiger partial charge on any atom is -0.353 e. The molecule has 2 rings (SSSR count). The minimum atomic E-state index is -0.198. The topological polar surface area (TPSA) is 58.2 Å². The van der Waals surface area contributed by atoms with E-state index >= 15 is 0 Å². The Balaban J connectivity index is 1.78. The molecule has 1 fully saturated rings. The highest BCUT2D eigenvalue weighted by atomic mass is 35.5. The first kappa shape index (κ1) is 15.8. The molecule has 0 aromatic heterocycles. The Kier molecular flexibility index (Phi) is 5.23. The fraction of sp³-hybridized carbons (Fsp3) is 0.500. The quantitative estimate of drug-likeness (QED) is 0.848. The highest BCUT2D eigenvalue weighted by molar-refractivity contribution is 6.31. The minimum absolute atomic E-state index is 0.0118. The third-order valence-corrected chi connectivity index (χ3v) is 4.24. The van der Waals surface area contributed by atoms with Gasteiger partial charge in [-0.2, -0.15) is 0 Å². The summed E-state index contributed by atoms with van der Waals surface area (Å²) in [4.78, 5) is 23.9. The van der Waals surface area contributed by atoms with Crippen LogP contribution in [-0.2, 0) is 16.1 Å². The van der Waals surface area contributed by atoms with Gasteiger partial charge in [0.2, 0.25) is 11.8 Å². The number of nitrogens with one attached hydrogen (secondary N) is 2. The molecule has 3 unspecified atom stereocenters. The summed E-state index contributed by atoms with van der Waals surface area (Å²) in [5.41, 5.74) is 0.883. The molecule has 2 amide bonds. The number of carbonyl (C=O) groups is 2. The monoisotopic (exact) mass is 308 g/mol. The summed E-state index contributed by atoms with van der Waals surface area (Å²) in [6.07, 6.45) is 1.53. The molecule has 21 heavy (non-hydrogen) atoms. The molecule has 1 aliphatic rings. The van der Waals surface area contributed by atoms with Crippen LogP contribution in [0.15, 0.2) is 24.3 Å². The molecule has 0 spiro atoms. The van der Waals surface area contributed by atoms with Crippen molar-refractivity contribution in [3.63, 3.8) is 0 Å². The van der Waals surface area contributed by atoms with Crippen LogP contribution in [-0.4, -0.2) is 17.9 Å². The molecule has 0 bridgehead atoms. The van der Waals surface area contributed by atoms with Crippen molar-refractivity contribution >= 4 is 23.4 Å². The zero-order chi connectivity index (χ0) is 15.4. The van der Waals surface area contributed by atoms with Crippen LogP contribution in [0.1, 0.15) is 32.3 Å². The van der Waals surface area contributed by atoms with Crippen LogP contribution in [0.3, 0.4) is 0 Å². The van der Waals surface area contributed by atoms with Crippen molar-refractivity contribution in [1.29, 1.82) is 0 Å². The largest absolute Gasteiger partial charge is 0.353 e. The van der Waals surface area contributed by atoms with Gasteiger partial charge >= 0.3 is 0 Å². The molecule has 1 aliphatic carbocycles. The summed E-state index contributed by atoms with van der Waals surface area (Å²) in [6, 6.07) is 7.56. The van der Waals surface area contributed by atoms with E-state index < -0.39 is 0 Å². The van der Waals surface area contributed by atoms with Crippen molar-refractivity contribution in [2.75, 3.05) is 0 Å². The van der Waals surface area contributed by atoms with Crippen LogP contribution < -0.4 is 10.6 Å². The van der Waals surface area contributed by atoms with Gasteiger partial charge in [0.15, 0.2) is 0 Å². The Hall–Kier alpha value is -1.55. The molecular formula is C16H21ClN2O2. The van der Waals surface area contributed by atoms with Gasteiger partial charge in [-0.15, -0.1) is 0 Å². The lowest BCUT2D eigenvalue weighted by molar-refractivity contribution is -0.127. The lowest BCUT2D eigenvalue weighted by atomic mass is 10.2. The molecule has 1 aromatic rings. The Morgan fingerprint density at radius 2 is 1.95 bits per heavy atom. The van der Waals surface area contributed by atoms with Gasteiger partial charge in [-0.05, 0) is 31.4 Å². The van der Waals surface area contributed by atoms with Crippen LogP contribution in [0.25, 0.3) is 0 Å². The van der Waals surface area contributed by atoms with Gasteiger partial charge in [0.1, 0.15) is 0 Å². The Bertz CT molecular complexity index is 533. The standard InChI is InChI=1S/C16H21ClN2O2/c1-3-10(2)19-16(21)13-8-12(13)15(20)18-9-11-6-4-5-7-14(11)17/h4-7,10,12-13H,3,8-9H2,1-2H3,(H,18,20)(H,19,21). The highest BCUT2D eigenvalue weighted by Gasteiger charge is 2.47. The smallest absolute Gasteiger partial charge is 0.224 e. The maximum absolute atomic E-state index is 12.0. The molecule has 1 saturated carbocycles. The average Bonchev–Trinajstić information content (AvgIpc) is 3.26. The molecule has 3 atom stereocenters. The van der Waals surface area contributed by atoms with E-state index in [1.165, 1.54) is 0 Å². The number of amides is 2. The summed E-state index contributed by atoms with van der Waals surface area (Å²) < 4.78 is 0. The van der Waals surface area contributed by atoms with Gasteiger partial charge in [0.25, 0.3) is 0 Å². The van der Waals surface area contributed by atoms with Crippen molar-refractivity contribution < 1.29 is 9.59 Å². The summed E-state index contributed by atoms with van der Waals surface area (Å²) in [5, 5.41) is 6.41. The normalized spacial score (nSPS) is 21.5. The average molecular weight is 309 g/mol. The Morgan fingerprint density at radius 3 is 2.62 bits per heavy atom. The van der Waals surface area contributed by atoms with Crippen LogP contribution in [0.5, 0.6) is 0 Å². The summed E-state index contributed by atoms with van der Waals surface area (Å²) >= 11 is 6.04. The Morgan fingerprint density at radius 1 is 1.29 bits per heavy atom. The summed E-state index contributed by atoms with van der Waals surface area (Å²) in [6.45, 7) is 4.38. The molecule has 114 valence electrons. The first-order valence-corrected chi connectivity index (χ1v) is 7.72. The van der Waals surface area contributed by atoms with E-state index in [2.05, 4.69) is 10.6 Å². The lowest BCUT2D eigenvalue weighted by Gasteiger charge is -2.11. The van der Waals surface area contributed by atoms with Gasteiger partial charge in [-0.1, -0.05) is 36.7 Å². The molecule has 4 nitrogen and oxygen atoms in total. The summed E-state index contributed by atoms with van der Waals surface area (Å²) in [7, 11) is 0. The van der Waals surface area contributed by atoms with Crippen LogP contribution in [0.4, 0.5) is 0 Å². The number of carbonyl (C=O) groups excluding carboxylic acids is 2. The van der Waals surface area contributed by atoms with E-state index in [4.69, 9.17) is 11.6 Å². The molecule has 2 N–H and O–H groups in total. The first-order valence-electron chi connectivity index (χ1n) is 7.34. The SMILES string of the molecule is CCC(C)NC(=O)C1CC1C(=O)NCc1ccccc1Cl. The molecule has 1 aromatic carbocycles. The molecule has 0 heterocycles. The molecular weight excluding hydrogens is 288 g/mol. The number of halogens is 1. The van der Waals surface area contributed by atoms with E-state index in [0.29, 0.717) is 18.0 Å². The highest BCUT2D eigenvalue weighted by Crippen LogP contribution is 2.39. The van der Waals surface area contributed by atoms with E-state index in [0.717, 1.165) is 12.0 Å². The first-order chi connectivity index (χ1) is 10.0. The van der Waals surface area contributed by atoms with Gasteiger partial charge < -0.3 is 10.6 Å². The van der Waals surface area contributed by atoms with E-state index in [-0.39, 0.29) is 29.7 Å². The van der Waals surface area contributed by atoms with Crippen molar-refractivity contribution in [2.45, 2.75) is 39.3 Å². The van der Waals surface area contributed by atoms with Crippen molar-refractivity contribution in [1.82, 2.24) is 10.6 Å². The van der Waals surface area contributed by atoms with Gasteiger partial charge in [0, 0.05) is 17.6 Å². The third-order valence-electron chi connectivity index (χ3n) is 3.88. The second-order valence-corrected chi connectivity index (χ2v) is 5.98. The maximum Gasteiger partial charge on any atom is 0.224 e. The number of benzene rings is 1. The fourth-order valence-electron chi connectivity index (χ4n) is 2.18. The third kappa shape index (κ3) is 4.21. The van der Waals surface area contributed by atoms with Gasteiger partial charge in [0.05, 0.1) is 11.8 Å².